The Morgan fingerprint density at radius 1 is 1.53 bits per heavy atom. The molecule has 1 aliphatic heterocycles. The van der Waals surface area contributed by atoms with E-state index in [9.17, 15) is 0 Å². The van der Waals surface area contributed by atoms with Crippen LogP contribution < -0.4 is 5.32 Å². The Kier molecular flexibility index (Phi) is 2.44. The Labute approximate surface area is 99.0 Å². The first-order valence-corrected chi connectivity index (χ1v) is 5.76. The number of hydrogen-bond donors (Lipinski definition) is 1. The summed E-state index contributed by atoms with van der Waals surface area (Å²) in [5.74, 6) is 2.24. The summed E-state index contributed by atoms with van der Waals surface area (Å²) in [5, 5.41) is 7.27. The summed E-state index contributed by atoms with van der Waals surface area (Å²) in [4.78, 5) is 8.50. The van der Waals surface area contributed by atoms with E-state index in [0.29, 0.717) is 23.6 Å². The topological polar surface area (TPSA) is 68.8 Å². The number of aromatic nitrogens is 4. The molecule has 90 valence electrons. The molecule has 0 aromatic carbocycles. The lowest BCUT2D eigenvalue weighted by molar-refractivity contribution is 0.252. The van der Waals surface area contributed by atoms with Crippen LogP contribution in [0.1, 0.15) is 18.7 Å². The molecule has 1 aliphatic rings. The fourth-order valence-corrected chi connectivity index (χ4v) is 1.96. The molecule has 3 heterocycles. The molecule has 2 aromatic heterocycles. The van der Waals surface area contributed by atoms with Gasteiger partial charge in [0.2, 0.25) is 11.7 Å². The van der Waals surface area contributed by atoms with Crippen molar-refractivity contribution in [1.82, 2.24) is 25.0 Å². The summed E-state index contributed by atoms with van der Waals surface area (Å²) < 4.78 is 7.21. The Balaban J connectivity index is 1.85. The summed E-state index contributed by atoms with van der Waals surface area (Å²) in [6, 6.07) is 0. The molecule has 6 nitrogen and oxygen atoms in total. The first-order valence-electron chi connectivity index (χ1n) is 5.76. The average Bonchev–Trinajstić information content (AvgIpc) is 2.82. The van der Waals surface area contributed by atoms with Crippen LogP contribution in [0.25, 0.3) is 11.5 Å². The van der Waals surface area contributed by atoms with Gasteiger partial charge in [-0.15, -0.1) is 0 Å². The second-order valence-electron chi connectivity index (χ2n) is 4.55. The van der Waals surface area contributed by atoms with Gasteiger partial charge in [-0.25, -0.2) is 4.98 Å². The zero-order valence-electron chi connectivity index (χ0n) is 9.92. The van der Waals surface area contributed by atoms with Gasteiger partial charge in [0.05, 0.1) is 12.5 Å². The van der Waals surface area contributed by atoms with Gasteiger partial charge >= 0.3 is 0 Å². The molecule has 0 radical (unpaired) electrons. The van der Waals surface area contributed by atoms with Crippen LogP contribution in [-0.2, 0) is 7.05 Å². The Morgan fingerprint density at radius 2 is 2.35 bits per heavy atom. The predicted octanol–water partition coefficient (Wildman–Crippen LogP) is 0.793. The van der Waals surface area contributed by atoms with Crippen LogP contribution in [-0.4, -0.2) is 32.8 Å². The van der Waals surface area contributed by atoms with Crippen LogP contribution in [0.2, 0.25) is 0 Å². The van der Waals surface area contributed by atoms with Gasteiger partial charge in [0.1, 0.15) is 5.69 Å². The van der Waals surface area contributed by atoms with E-state index in [4.69, 9.17) is 4.52 Å². The van der Waals surface area contributed by atoms with Gasteiger partial charge in [0, 0.05) is 13.0 Å². The summed E-state index contributed by atoms with van der Waals surface area (Å²) in [7, 11) is 1.91. The van der Waals surface area contributed by atoms with Crippen LogP contribution in [0.15, 0.2) is 17.0 Å². The van der Waals surface area contributed by atoms with Crippen molar-refractivity contribution >= 4 is 0 Å². The van der Waals surface area contributed by atoms with Crippen LogP contribution in [0.5, 0.6) is 0 Å². The highest BCUT2D eigenvalue weighted by atomic mass is 16.5. The summed E-state index contributed by atoms with van der Waals surface area (Å²) in [5.41, 5.74) is 0.874. The maximum Gasteiger partial charge on any atom is 0.230 e. The van der Waals surface area contributed by atoms with E-state index < -0.39 is 0 Å². The molecule has 1 unspecified atom stereocenters. The smallest absolute Gasteiger partial charge is 0.230 e. The number of imidazole rings is 1. The first-order chi connectivity index (χ1) is 8.25. The Hall–Kier alpha value is -1.69. The second-order valence-corrected chi connectivity index (χ2v) is 4.55. The van der Waals surface area contributed by atoms with Crippen LogP contribution in [0.4, 0.5) is 0 Å². The molecule has 3 rings (SSSR count). The van der Waals surface area contributed by atoms with Gasteiger partial charge in [-0.2, -0.15) is 4.98 Å². The monoisotopic (exact) mass is 233 g/mol. The predicted molar refractivity (Wildman–Crippen MR) is 61.3 cm³/mol. The van der Waals surface area contributed by atoms with Gasteiger partial charge in [-0.3, -0.25) is 0 Å². The SMILES string of the molecule is CC(c1nc(-c2cncn2C)no1)C1CNC1. The highest BCUT2D eigenvalue weighted by Gasteiger charge is 2.29. The normalized spacial score (nSPS) is 18.0. The third kappa shape index (κ3) is 1.74. The molecule has 0 amide bonds. The van der Waals surface area contributed by atoms with E-state index in [-0.39, 0.29) is 0 Å². The van der Waals surface area contributed by atoms with Crippen LogP contribution in [0, 0.1) is 5.92 Å². The van der Waals surface area contributed by atoms with Crippen molar-refractivity contribution in [2.45, 2.75) is 12.8 Å². The summed E-state index contributed by atoms with van der Waals surface area (Å²) in [6.45, 7) is 4.20. The van der Waals surface area contributed by atoms with Crippen molar-refractivity contribution in [3.63, 3.8) is 0 Å². The van der Waals surface area contributed by atoms with E-state index in [1.165, 1.54) is 0 Å². The molecule has 6 heteroatoms. The minimum absolute atomic E-state index is 0.311. The third-order valence-corrected chi connectivity index (χ3v) is 3.40. The standard InChI is InChI=1S/C11H15N5O/c1-7(8-3-12-4-8)11-14-10(15-17-11)9-5-13-6-16(9)2/h5-8,12H,3-4H2,1-2H3. The van der Waals surface area contributed by atoms with E-state index in [0.717, 1.165) is 18.8 Å². The van der Waals surface area contributed by atoms with Crippen molar-refractivity contribution in [2.75, 3.05) is 13.1 Å². The first kappa shape index (κ1) is 10.5. The fraction of sp³-hybridized carbons (Fsp3) is 0.545. The highest BCUT2D eigenvalue weighted by molar-refractivity contribution is 5.47. The zero-order chi connectivity index (χ0) is 11.8. The molecule has 1 fully saturated rings. The van der Waals surface area contributed by atoms with Crippen molar-refractivity contribution in [3.8, 4) is 11.5 Å². The van der Waals surface area contributed by atoms with Gasteiger partial charge in [-0.1, -0.05) is 12.1 Å². The van der Waals surface area contributed by atoms with Crippen molar-refractivity contribution in [3.05, 3.63) is 18.4 Å². The number of nitrogens with one attached hydrogen (secondary N) is 1. The van der Waals surface area contributed by atoms with Crippen molar-refractivity contribution in [1.29, 1.82) is 0 Å². The Bertz CT molecular complexity index is 513. The zero-order valence-corrected chi connectivity index (χ0v) is 9.92. The highest BCUT2D eigenvalue weighted by Crippen LogP contribution is 2.27. The molecule has 0 bridgehead atoms. The summed E-state index contributed by atoms with van der Waals surface area (Å²) >= 11 is 0. The maximum absolute atomic E-state index is 5.33. The largest absolute Gasteiger partial charge is 0.339 e. The molecule has 1 N–H and O–H groups in total. The minimum atomic E-state index is 0.311. The van der Waals surface area contributed by atoms with Gasteiger partial charge < -0.3 is 14.4 Å². The Morgan fingerprint density at radius 3 is 2.94 bits per heavy atom. The summed E-state index contributed by atoms with van der Waals surface area (Å²) in [6.07, 6.45) is 3.47. The lowest BCUT2D eigenvalue weighted by Gasteiger charge is -2.30. The van der Waals surface area contributed by atoms with Crippen LogP contribution >= 0.6 is 0 Å². The fourth-order valence-electron chi connectivity index (χ4n) is 1.96. The number of hydrogen-bond acceptors (Lipinski definition) is 5. The van der Waals surface area contributed by atoms with Gasteiger partial charge in [0.25, 0.3) is 0 Å². The molecule has 1 atom stereocenters. The van der Waals surface area contributed by atoms with E-state index >= 15 is 0 Å². The van der Waals surface area contributed by atoms with E-state index in [2.05, 4.69) is 27.4 Å². The van der Waals surface area contributed by atoms with Gasteiger partial charge in [-0.05, 0) is 19.0 Å². The van der Waals surface area contributed by atoms with Crippen molar-refractivity contribution in [2.24, 2.45) is 13.0 Å². The van der Waals surface area contributed by atoms with Crippen LogP contribution in [0.3, 0.4) is 0 Å². The molecule has 0 aliphatic carbocycles. The lowest BCUT2D eigenvalue weighted by atomic mass is 9.89. The second kappa shape index (κ2) is 3.96. The average molecular weight is 233 g/mol. The molecular weight excluding hydrogens is 218 g/mol. The van der Waals surface area contributed by atoms with Gasteiger partial charge in [0.15, 0.2) is 0 Å². The maximum atomic E-state index is 5.33. The number of nitrogens with zero attached hydrogens (tertiary/aromatic N) is 4. The molecule has 1 saturated heterocycles. The molecule has 17 heavy (non-hydrogen) atoms. The molecular formula is C11H15N5O. The van der Waals surface area contributed by atoms with E-state index in [1.54, 1.807) is 12.5 Å². The number of aryl methyl sites for hydroxylation is 1. The molecule has 0 spiro atoms. The number of rotatable bonds is 3. The lowest BCUT2D eigenvalue weighted by Crippen LogP contribution is -2.44. The minimum Gasteiger partial charge on any atom is -0.339 e. The molecule has 0 saturated carbocycles. The quantitative estimate of drug-likeness (QED) is 0.849. The third-order valence-electron chi connectivity index (χ3n) is 3.40. The molecule has 2 aromatic rings. The van der Waals surface area contributed by atoms with Crippen molar-refractivity contribution < 1.29 is 4.52 Å². The van der Waals surface area contributed by atoms with E-state index in [1.807, 2.05) is 11.6 Å².